The van der Waals surface area contributed by atoms with E-state index in [9.17, 15) is 19.5 Å². The van der Waals surface area contributed by atoms with E-state index >= 15 is 0 Å². The molecule has 0 spiro atoms. The third-order valence-electron chi connectivity index (χ3n) is 3.83. The van der Waals surface area contributed by atoms with Crippen LogP contribution in [0.4, 0.5) is 0 Å². The standard InChI is InChI=1S/C17H20O7/c1-10-6-4-5-7-13(10)15(21)17(9-18)8-14(22-11(2)19)16(24-17)23-12(3)20/h4-7,14,16,18H,8-9H2,1-3H3/t14-,16-,17+/m1/s1. The topological polar surface area (TPSA) is 99.1 Å². The number of hydrogen-bond acceptors (Lipinski definition) is 7. The normalized spacial score (nSPS) is 26.0. The van der Waals surface area contributed by atoms with E-state index in [0.29, 0.717) is 5.56 Å². The Balaban J connectivity index is 2.34. The van der Waals surface area contributed by atoms with Crippen molar-refractivity contribution in [3.63, 3.8) is 0 Å². The average Bonchev–Trinajstić information content (AvgIpc) is 2.84. The van der Waals surface area contributed by atoms with Crippen LogP contribution in [0, 0.1) is 6.92 Å². The van der Waals surface area contributed by atoms with Crippen molar-refractivity contribution >= 4 is 17.7 Å². The quantitative estimate of drug-likeness (QED) is 0.636. The predicted octanol–water partition coefficient (Wildman–Crippen LogP) is 1.15. The molecule has 1 N–H and O–H groups in total. The Labute approximate surface area is 139 Å². The largest absolute Gasteiger partial charge is 0.456 e. The van der Waals surface area contributed by atoms with Crippen LogP contribution < -0.4 is 0 Å². The van der Waals surface area contributed by atoms with Gasteiger partial charge in [-0.1, -0.05) is 24.3 Å². The number of carbonyl (C=O) groups excluding carboxylic acids is 3. The van der Waals surface area contributed by atoms with Crippen LogP contribution in [0.15, 0.2) is 24.3 Å². The van der Waals surface area contributed by atoms with Crippen LogP contribution >= 0.6 is 0 Å². The van der Waals surface area contributed by atoms with Crippen molar-refractivity contribution in [2.45, 2.75) is 45.2 Å². The Morgan fingerprint density at radius 1 is 1.21 bits per heavy atom. The highest BCUT2D eigenvalue weighted by Gasteiger charge is 2.54. The number of ketones is 1. The molecule has 7 nitrogen and oxygen atoms in total. The number of aliphatic hydroxyl groups is 1. The number of carbonyl (C=O) groups is 3. The highest BCUT2D eigenvalue weighted by Crippen LogP contribution is 2.36. The molecule has 1 saturated heterocycles. The molecule has 0 amide bonds. The number of benzene rings is 1. The van der Waals surface area contributed by atoms with Crippen molar-refractivity contribution in [1.29, 1.82) is 0 Å². The van der Waals surface area contributed by atoms with Gasteiger partial charge in [0, 0.05) is 25.8 Å². The third kappa shape index (κ3) is 3.63. The van der Waals surface area contributed by atoms with E-state index in [2.05, 4.69) is 0 Å². The van der Waals surface area contributed by atoms with Crippen LogP contribution in [0.3, 0.4) is 0 Å². The zero-order valence-electron chi connectivity index (χ0n) is 13.8. The van der Waals surface area contributed by atoms with E-state index in [0.717, 1.165) is 5.56 Å². The number of ether oxygens (including phenoxy) is 3. The number of aliphatic hydroxyl groups excluding tert-OH is 1. The van der Waals surface area contributed by atoms with Gasteiger partial charge in [0.2, 0.25) is 6.29 Å². The zero-order valence-corrected chi connectivity index (χ0v) is 13.8. The van der Waals surface area contributed by atoms with Gasteiger partial charge in [0.25, 0.3) is 0 Å². The van der Waals surface area contributed by atoms with Gasteiger partial charge in [-0.3, -0.25) is 14.4 Å². The zero-order chi connectivity index (χ0) is 17.9. The Bertz CT molecular complexity index is 628. The molecule has 0 saturated carbocycles. The molecule has 1 fully saturated rings. The lowest BCUT2D eigenvalue weighted by Crippen LogP contribution is -2.43. The van der Waals surface area contributed by atoms with Crippen molar-refractivity contribution < 1.29 is 33.7 Å². The van der Waals surface area contributed by atoms with E-state index in [1.165, 1.54) is 13.8 Å². The van der Waals surface area contributed by atoms with Gasteiger partial charge in [0.1, 0.15) is 0 Å². The van der Waals surface area contributed by atoms with Crippen LogP contribution in [-0.2, 0) is 23.8 Å². The summed E-state index contributed by atoms with van der Waals surface area (Å²) in [5.41, 5.74) is -0.526. The summed E-state index contributed by atoms with van der Waals surface area (Å²) in [5.74, 6) is -1.69. The molecule has 0 radical (unpaired) electrons. The molecule has 1 aromatic rings. The summed E-state index contributed by atoms with van der Waals surface area (Å²) in [4.78, 5) is 35.4. The maximum absolute atomic E-state index is 12.9. The van der Waals surface area contributed by atoms with Crippen molar-refractivity contribution in [2.24, 2.45) is 0 Å². The predicted molar refractivity (Wildman–Crippen MR) is 82.1 cm³/mol. The summed E-state index contributed by atoms with van der Waals surface area (Å²) >= 11 is 0. The molecular weight excluding hydrogens is 316 g/mol. The molecule has 3 atom stereocenters. The monoisotopic (exact) mass is 336 g/mol. The fraction of sp³-hybridized carbons (Fsp3) is 0.471. The molecular formula is C17H20O7. The first-order valence-corrected chi connectivity index (χ1v) is 7.52. The van der Waals surface area contributed by atoms with E-state index in [1.54, 1.807) is 31.2 Å². The molecule has 0 unspecified atom stereocenters. The maximum atomic E-state index is 12.9. The SMILES string of the molecule is CC(=O)O[C@@H]1O[C@@](CO)(C(=O)c2ccccc2C)C[C@H]1OC(C)=O. The average molecular weight is 336 g/mol. The summed E-state index contributed by atoms with van der Waals surface area (Å²) in [7, 11) is 0. The second-order valence-corrected chi connectivity index (χ2v) is 5.74. The molecule has 1 heterocycles. The molecule has 0 bridgehead atoms. The summed E-state index contributed by atoms with van der Waals surface area (Å²) in [6.07, 6.45) is -2.31. The van der Waals surface area contributed by atoms with Crippen LogP contribution in [0.2, 0.25) is 0 Å². The number of rotatable bonds is 5. The highest BCUT2D eigenvalue weighted by molar-refractivity contribution is 6.04. The van der Waals surface area contributed by atoms with Crippen molar-refractivity contribution in [1.82, 2.24) is 0 Å². The number of Topliss-reactive ketones (excluding diaryl/α,β-unsaturated/α-hetero) is 1. The van der Waals surface area contributed by atoms with Crippen molar-refractivity contribution in [3.8, 4) is 0 Å². The van der Waals surface area contributed by atoms with Crippen molar-refractivity contribution in [3.05, 3.63) is 35.4 Å². The Hall–Kier alpha value is -2.25. The van der Waals surface area contributed by atoms with Gasteiger partial charge in [-0.15, -0.1) is 0 Å². The first-order valence-electron chi connectivity index (χ1n) is 7.52. The molecule has 0 aliphatic carbocycles. The van der Waals surface area contributed by atoms with Crippen LogP contribution in [0.25, 0.3) is 0 Å². The van der Waals surface area contributed by atoms with Gasteiger partial charge in [0.05, 0.1) is 6.61 Å². The lowest BCUT2D eigenvalue weighted by Gasteiger charge is -2.25. The van der Waals surface area contributed by atoms with Crippen LogP contribution in [-0.4, -0.2) is 47.4 Å². The molecule has 7 heteroatoms. The Morgan fingerprint density at radius 2 is 1.83 bits per heavy atom. The molecule has 2 rings (SSSR count). The van der Waals surface area contributed by atoms with Gasteiger partial charge < -0.3 is 19.3 Å². The van der Waals surface area contributed by atoms with Gasteiger partial charge in [-0.05, 0) is 12.5 Å². The van der Waals surface area contributed by atoms with Gasteiger partial charge >= 0.3 is 11.9 Å². The minimum atomic E-state index is -1.63. The van der Waals surface area contributed by atoms with E-state index in [4.69, 9.17) is 14.2 Å². The Morgan fingerprint density at radius 3 is 2.38 bits per heavy atom. The number of esters is 2. The third-order valence-corrected chi connectivity index (χ3v) is 3.83. The maximum Gasteiger partial charge on any atom is 0.305 e. The second-order valence-electron chi connectivity index (χ2n) is 5.74. The summed E-state index contributed by atoms with van der Waals surface area (Å²) in [6, 6.07) is 6.88. The molecule has 0 aromatic heterocycles. The lowest BCUT2D eigenvalue weighted by molar-refractivity contribution is -0.202. The fourth-order valence-electron chi connectivity index (χ4n) is 2.73. The molecule has 1 aliphatic heterocycles. The molecule has 130 valence electrons. The fourth-order valence-corrected chi connectivity index (χ4v) is 2.73. The minimum Gasteiger partial charge on any atom is -0.456 e. The van der Waals surface area contributed by atoms with Gasteiger partial charge in [-0.25, -0.2) is 0 Å². The second kappa shape index (κ2) is 7.11. The van der Waals surface area contributed by atoms with Gasteiger partial charge in [-0.2, -0.15) is 0 Å². The highest BCUT2D eigenvalue weighted by atomic mass is 16.7. The van der Waals surface area contributed by atoms with Gasteiger partial charge in [0.15, 0.2) is 17.5 Å². The van der Waals surface area contributed by atoms with Crippen LogP contribution in [0.5, 0.6) is 0 Å². The molecule has 1 aliphatic rings. The number of aryl methyl sites for hydroxylation is 1. The summed E-state index contributed by atoms with van der Waals surface area (Å²) < 4.78 is 15.7. The Kier molecular flexibility index (Phi) is 5.36. The summed E-state index contributed by atoms with van der Waals surface area (Å²) in [6.45, 7) is 3.51. The van der Waals surface area contributed by atoms with Crippen LogP contribution in [0.1, 0.15) is 36.2 Å². The molecule has 1 aromatic carbocycles. The van der Waals surface area contributed by atoms with Crippen molar-refractivity contribution in [2.75, 3.05) is 6.61 Å². The number of hydrogen-bond donors (Lipinski definition) is 1. The summed E-state index contributed by atoms with van der Waals surface area (Å²) in [5, 5.41) is 9.82. The molecule has 24 heavy (non-hydrogen) atoms. The lowest BCUT2D eigenvalue weighted by atomic mass is 9.88. The van der Waals surface area contributed by atoms with E-state index in [1.807, 2.05) is 0 Å². The van der Waals surface area contributed by atoms with E-state index in [-0.39, 0.29) is 6.42 Å². The first kappa shape index (κ1) is 18.1. The first-order chi connectivity index (χ1) is 11.3. The smallest absolute Gasteiger partial charge is 0.305 e. The van der Waals surface area contributed by atoms with E-state index < -0.39 is 42.3 Å². The minimum absolute atomic E-state index is 0.103.